The number of nitrogens with two attached hydrogens (primary N) is 1. The number of hydrogen-bond donors (Lipinski definition) is 2. The summed E-state index contributed by atoms with van der Waals surface area (Å²) < 4.78 is 13.1. The van der Waals surface area contributed by atoms with Gasteiger partial charge in [0.15, 0.2) is 0 Å². The Morgan fingerprint density at radius 2 is 2.14 bits per heavy atom. The van der Waals surface area contributed by atoms with Crippen LogP contribution >= 0.6 is 12.4 Å². The monoisotopic (exact) mass is 218 g/mol. The summed E-state index contributed by atoms with van der Waals surface area (Å²) in [4.78, 5) is 0. The van der Waals surface area contributed by atoms with Gasteiger partial charge in [0.25, 0.3) is 0 Å². The van der Waals surface area contributed by atoms with E-state index < -0.39 is 0 Å². The highest BCUT2D eigenvalue weighted by Gasteiger charge is 2.01. The van der Waals surface area contributed by atoms with Gasteiger partial charge in [0.05, 0.1) is 5.69 Å². The van der Waals surface area contributed by atoms with Crippen LogP contribution in [0.15, 0.2) is 18.2 Å². The SMILES string of the molecule is CCCNc1cc(CN)ccc1F.Cl. The maximum atomic E-state index is 13.1. The van der Waals surface area contributed by atoms with Crippen molar-refractivity contribution in [2.45, 2.75) is 19.9 Å². The van der Waals surface area contributed by atoms with Gasteiger partial charge < -0.3 is 11.1 Å². The fraction of sp³-hybridized carbons (Fsp3) is 0.400. The zero-order chi connectivity index (χ0) is 9.68. The van der Waals surface area contributed by atoms with E-state index in [2.05, 4.69) is 5.32 Å². The molecule has 0 aliphatic carbocycles. The van der Waals surface area contributed by atoms with Crippen LogP contribution in [0.2, 0.25) is 0 Å². The Hall–Kier alpha value is -0.800. The third-order valence-corrected chi connectivity index (χ3v) is 1.83. The molecule has 1 aromatic carbocycles. The van der Waals surface area contributed by atoms with Crippen LogP contribution in [0, 0.1) is 5.82 Å². The Labute approximate surface area is 90.1 Å². The summed E-state index contributed by atoms with van der Waals surface area (Å²) in [5, 5.41) is 3.01. The number of anilines is 1. The third kappa shape index (κ3) is 3.52. The molecular weight excluding hydrogens is 203 g/mol. The molecule has 0 bridgehead atoms. The Kier molecular flexibility index (Phi) is 6.25. The predicted molar refractivity (Wildman–Crippen MR) is 60.3 cm³/mol. The first-order valence-corrected chi connectivity index (χ1v) is 4.50. The lowest BCUT2D eigenvalue weighted by Gasteiger charge is -2.07. The largest absolute Gasteiger partial charge is 0.383 e. The van der Waals surface area contributed by atoms with Crippen molar-refractivity contribution in [3.05, 3.63) is 29.6 Å². The number of benzene rings is 1. The van der Waals surface area contributed by atoms with E-state index in [1.807, 2.05) is 6.92 Å². The smallest absolute Gasteiger partial charge is 0.146 e. The van der Waals surface area contributed by atoms with Gasteiger partial charge in [-0.3, -0.25) is 0 Å². The van der Waals surface area contributed by atoms with Crippen LogP contribution in [0.25, 0.3) is 0 Å². The van der Waals surface area contributed by atoms with Crippen molar-refractivity contribution in [1.29, 1.82) is 0 Å². The first-order chi connectivity index (χ1) is 6.27. The van der Waals surface area contributed by atoms with Crippen molar-refractivity contribution in [2.75, 3.05) is 11.9 Å². The highest BCUT2D eigenvalue weighted by Crippen LogP contribution is 2.15. The van der Waals surface area contributed by atoms with E-state index in [0.29, 0.717) is 12.2 Å². The summed E-state index contributed by atoms with van der Waals surface area (Å²) in [6, 6.07) is 4.90. The molecule has 2 nitrogen and oxygen atoms in total. The summed E-state index contributed by atoms with van der Waals surface area (Å²) in [7, 11) is 0. The molecule has 80 valence electrons. The second-order valence-electron chi connectivity index (χ2n) is 2.95. The molecule has 0 atom stereocenters. The van der Waals surface area contributed by atoms with Gasteiger partial charge in [-0.25, -0.2) is 4.39 Å². The number of rotatable bonds is 4. The molecule has 3 N–H and O–H groups in total. The average molecular weight is 219 g/mol. The summed E-state index contributed by atoms with van der Waals surface area (Å²) >= 11 is 0. The van der Waals surface area contributed by atoms with Gasteiger partial charge in [-0.2, -0.15) is 0 Å². The van der Waals surface area contributed by atoms with Gasteiger partial charge in [0, 0.05) is 13.1 Å². The first kappa shape index (κ1) is 13.2. The highest BCUT2D eigenvalue weighted by atomic mass is 35.5. The molecule has 0 amide bonds. The van der Waals surface area contributed by atoms with Crippen LogP contribution in [-0.2, 0) is 6.54 Å². The highest BCUT2D eigenvalue weighted by molar-refractivity contribution is 5.85. The fourth-order valence-electron chi connectivity index (χ4n) is 1.09. The third-order valence-electron chi connectivity index (χ3n) is 1.83. The fourth-order valence-corrected chi connectivity index (χ4v) is 1.09. The van der Waals surface area contributed by atoms with E-state index in [1.165, 1.54) is 6.07 Å². The van der Waals surface area contributed by atoms with Crippen molar-refractivity contribution in [1.82, 2.24) is 0 Å². The Morgan fingerprint density at radius 1 is 1.43 bits per heavy atom. The van der Waals surface area contributed by atoms with Gasteiger partial charge in [0.1, 0.15) is 5.82 Å². The van der Waals surface area contributed by atoms with E-state index in [9.17, 15) is 4.39 Å². The Balaban J connectivity index is 0.00000169. The van der Waals surface area contributed by atoms with E-state index >= 15 is 0 Å². The standard InChI is InChI=1S/C10H15FN2.ClH/c1-2-5-13-10-6-8(7-12)3-4-9(10)11;/h3-4,6,13H,2,5,7,12H2,1H3;1H. The topological polar surface area (TPSA) is 38.0 Å². The maximum Gasteiger partial charge on any atom is 0.146 e. The van der Waals surface area contributed by atoms with Crippen LogP contribution in [0.1, 0.15) is 18.9 Å². The average Bonchev–Trinajstić information content (AvgIpc) is 2.17. The van der Waals surface area contributed by atoms with Gasteiger partial charge in [-0.1, -0.05) is 13.0 Å². The van der Waals surface area contributed by atoms with Crippen LogP contribution in [0.4, 0.5) is 10.1 Å². The van der Waals surface area contributed by atoms with Crippen LogP contribution in [0.5, 0.6) is 0 Å². The van der Waals surface area contributed by atoms with Gasteiger partial charge in [0.2, 0.25) is 0 Å². The molecule has 0 heterocycles. The molecule has 0 aliphatic heterocycles. The van der Waals surface area contributed by atoms with Crippen molar-refractivity contribution >= 4 is 18.1 Å². The van der Waals surface area contributed by atoms with E-state index in [0.717, 1.165) is 18.5 Å². The summed E-state index contributed by atoms with van der Waals surface area (Å²) in [6.45, 7) is 3.27. The molecule has 0 fully saturated rings. The molecular formula is C10H16ClFN2. The molecule has 1 aromatic rings. The Morgan fingerprint density at radius 3 is 2.71 bits per heavy atom. The maximum absolute atomic E-state index is 13.1. The van der Waals surface area contributed by atoms with Crippen LogP contribution in [-0.4, -0.2) is 6.54 Å². The molecule has 0 spiro atoms. The molecule has 14 heavy (non-hydrogen) atoms. The second kappa shape index (κ2) is 6.62. The number of hydrogen-bond acceptors (Lipinski definition) is 2. The lowest BCUT2D eigenvalue weighted by molar-refractivity contribution is 0.629. The minimum Gasteiger partial charge on any atom is -0.383 e. The summed E-state index contributed by atoms with van der Waals surface area (Å²) in [5.41, 5.74) is 6.94. The lowest BCUT2D eigenvalue weighted by atomic mass is 10.2. The predicted octanol–water partition coefficient (Wildman–Crippen LogP) is 2.53. The zero-order valence-electron chi connectivity index (χ0n) is 8.22. The summed E-state index contributed by atoms with van der Waals surface area (Å²) in [5.74, 6) is -0.217. The zero-order valence-corrected chi connectivity index (χ0v) is 9.03. The molecule has 0 aromatic heterocycles. The normalized spacial score (nSPS) is 9.36. The van der Waals surface area contributed by atoms with E-state index in [1.54, 1.807) is 12.1 Å². The van der Waals surface area contributed by atoms with Gasteiger partial charge in [-0.05, 0) is 24.1 Å². The minimum absolute atomic E-state index is 0. The molecule has 0 aliphatic rings. The van der Waals surface area contributed by atoms with Crippen molar-refractivity contribution in [3.63, 3.8) is 0 Å². The lowest BCUT2D eigenvalue weighted by Crippen LogP contribution is -2.04. The van der Waals surface area contributed by atoms with E-state index in [-0.39, 0.29) is 18.2 Å². The second-order valence-corrected chi connectivity index (χ2v) is 2.95. The van der Waals surface area contributed by atoms with E-state index in [4.69, 9.17) is 5.73 Å². The van der Waals surface area contributed by atoms with Crippen LogP contribution < -0.4 is 11.1 Å². The van der Waals surface area contributed by atoms with Crippen LogP contribution in [0.3, 0.4) is 0 Å². The molecule has 0 radical (unpaired) electrons. The molecule has 0 saturated heterocycles. The van der Waals surface area contributed by atoms with Crippen molar-refractivity contribution < 1.29 is 4.39 Å². The molecule has 0 unspecified atom stereocenters. The molecule has 0 saturated carbocycles. The van der Waals surface area contributed by atoms with Crippen molar-refractivity contribution in [3.8, 4) is 0 Å². The van der Waals surface area contributed by atoms with Gasteiger partial charge in [-0.15, -0.1) is 12.4 Å². The molecule has 1 rings (SSSR count). The molecule has 4 heteroatoms. The Bertz CT molecular complexity index is 279. The quantitative estimate of drug-likeness (QED) is 0.815. The van der Waals surface area contributed by atoms with Gasteiger partial charge >= 0.3 is 0 Å². The number of nitrogens with one attached hydrogen (secondary N) is 1. The minimum atomic E-state index is -0.217. The first-order valence-electron chi connectivity index (χ1n) is 4.50. The number of halogens is 2. The summed E-state index contributed by atoms with van der Waals surface area (Å²) in [6.07, 6.45) is 0.978. The van der Waals surface area contributed by atoms with Crippen molar-refractivity contribution in [2.24, 2.45) is 5.73 Å².